The fraction of sp³-hybridized carbons (Fsp3) is 1.00. The van der Waals surface area contributed by atoms with E-state index in [4.69, 9.17) is 0 Å². The van der Waals surface area contributed by atoms with Crippen molar-refractivity contribution >= 4 is 0 Å². The predicted octanol–water partition coefficient (Wildman–Crippen LogP) is 6.94. The van der Waals surface area contributed by atoms with Crippen molar-refractivity contribution < 1.29 is 62.2 Å². The van der Waals surface area contributed by atoms with Crippen LogP contribution >= 0.6 is 0 Å². The lowest BCUT2D eigenvalue weighted by Crippen LogP contribution is -2.58. The SMILES string of the molecule is C.C.CC1(F)OC(C(F)(F)F)(C(F)(F)F)OC1(C)F.CCF.CF.FCF. The first-order valence-electron chi connectivity index (χ1n) is 5.97. The third-order valence-electron chi connectivity index (χ3n) is 2.21. The molecule has 1 aliphatic heterocycles. The highest BCUT2D eigenvalue weighted by molar-refractivity contribution is 4.99. The van der Waals surface area contributed by atoms with Gasteiger partial charge in [0.05, 0.1) is 13.9 Å². The van der Waals surface area contributed by atoms with E-state index in [1.807, 2.05) is 0 Å². The largest absolute Gasteiger partial charge is 0.453 e. The molecule has 1 rings (SSSR count). The number of hydrogen-bond donors (Lipinski definition) is 0. The molecule has 0 bridgehead atoms. The van der Waals surface area contributed by atoms with E-state index in [9.17, 15) is 52.7 Å². The molecule has 0 aromatic rings. The molecule has 27 heavy (non-hydrogen) atoms. The van der Waals surface area contributed by atoms with Crippen molar-refractivity contribution in [3.8, 4) is 0 Å². The Bertz CT molecular complexity index is 318. The molecule has 1 heterocycles. The number of alkyl halides is 12. The molecule has 2 atom stereocenters. The molecule has 0 radical (unpaired) electrons. The third-order valence-corrected chi connectivity index (χ3v) is 2.21. The van der Waals surface area contributed by atoms with Crippen LogP contribution in [-0.4, -0.2) is 50.6 Å². The smallest absolute Gasteiger partial charge is 0.293 e. The maximum atomic E-state index is 13.2. The second kappa shape index (κ2) is 13.3. The van der Waals surface area contributed by atoms with Gasteiger partial charge in [0.2, 0.25) is 6.93 Å². The summed E-state index contributed by atoms with van der Waals surface area (Å²) in [5.74, 6) is -13.1. The first-order chi connectivity index (χ1) is 11.0. The van der Waals surface area contributed by atoms with Crippen LogP contribution in [0, 0.1) is 0 Å². The van der Waals surface area contributed by atoms with Crippen LogP contribution in [0.5, 0.6) is 0 Å². The zero-order chi connectivity index (χ0) is 21.3. The van der Waals surface area contributed by atoms with E-state index in [1.54, 1.807) is 0 Å². The summed E-state index contributed by atoms with van der Waals surface area (Å²) in [7, 11) is 0.500. The zero-order valence-electron chi connectivity index (χ0n) is 13.3. The van der Waals surface area contributed by atoms with Crippen molar-refractivity contribution in [2.24, 2.45) is 0 Å². The number of hydrogen-bond acceptors (Lipinski definition) is 2. The fourth-order valence-corrected chi connectivity index (χ4v) is 1.14. The number of halogens is 12. The molecule has 14 heteroatoms. The van der Waals surface area contributed by atoms with Gasteiger partial charge in [-0.05, 0) is 6.92 Å². The molecular formula is C13H24F12O2. The molecule has 0 N–H and O–H groups in total. The van der Waals surface area contributed by atoms with Crippen LogP contribution in [0.25, 0.3) is 0 Å². The van der Waals surface area contributed by atoms with Crippen LogP contribution < -0.4 is 0 Å². The minimum absolute atomic E-state index is 0. The van der Waals surface area contributed by atoms with Crippen molar-refractivity contribution in [1.82, 2.24) is 0 Å². The predicted molar refractivity (Wildman–Crippen MR) is 75.3 cm³/mol. The monoisotopic (exact) mass is 440 g/mol. The Labute approximate surface area is 149 Å². The van der Waals surface area contributed by atoms with Crippen molar-refractivity contribution in [2.75, 3.05) is 20.8 Å². The molecular weight excluding hydrogens is 416 g/mol. The van der Waals surface area contributed by atoms with Crippen LogP contribution in [0.15, 0.2) is 0 Å². The summed E-state index contributed by atoms with van der Waals surface area (Å²) >= 11 is 0. The lowest BCUT2D eigenvalue weighted by Gasteiger charge is -2.31. The van der Waals surface area contributed by atoms with Gasteiger partial charge in [-0.3, -0.25) is 18.3 Å². The van der Waals surface area contributed by atoms with Gasteiger partial charge in [-0.25, -0.2) is 17.6 Å². The quantitative estimate of drug-likeness (QED) is 0.380. The standard InChI is InChI=1S/C7H6F8O2.C2H5F.CH2F2.CH3F.2CH4/c1-3(8)4(2,9)17-5(16-3,6(10,11)12)7(13,14)15;1-2-3;2-1-3;1-2;;/h1-2H3;2H2,1H3;1H2;1H3;2*1H4. The van der Waals surface area contributed by atoms with Gasteiger partial charge in [0, 0.05) is 13.8 Å². The van der Waals surface area contributed by atoms with Gasteiger partial charge in [0.25, 0.3) is 11.7 Å². The summed E-state index contributed by atoms with van der Waals surface area (Å²) in [6.45, 7) is -0.390. The minimum atomic E-state index is -6.18. The molecule has 1 fully saturated rings. The number of ether oxygens (including phenoxy) is 2. The Morgan fingerprint density at radius 2 is 0.852 bits per heavy atom. The Kier molecular flexibility index (Phi) is 18.2. The van der Waals surface area contributed by atoms with Gasteiger partial charge >= 0.3 is 18.1 Å². The van der Waals surface area contributed by atoms with Gasteiger partial charge in [-0.1, -0.05) is 14.9 Å². The molecule has 0 amide bonds. The average Bonchev–Trinajstić information content (AvgIpc) is 2.59. The maximum Gasteiger partial charge on any atom is 0.453 e. The van der Waals surface area contributed by atoms with E-state index >= 15 is 0 Å². The summed E-state index contributed by atoms with van der Waals surface area (Å²) in [4.78, 5) is 0. The highest BCUT2D eigenvalue weighted by atomic mass is 19.4. The van der Waals surface area contributed by atoms with Crippen LogP contribution in [0.4, 0.5) is 52.7 Å². The van der Waals surface area contributed by atoms with Crippen molar-refractivity contribution in [3.63, 3.8) is 0 Å². The molecule has 172 valence electrons. The highest BCUT2D eigenvalue weighted by Crippen LogP contribution is 2.58. The molecule has 1 aliphatic rings. The lowest BCUT2D eigenvalue weighted by molar-refractivity contribution is -0.458. The molecule has 2 unspecified atom stereocenters. The van der Waals surface area contributed by atoms with E-state index < -0.39 is 36.8 Å². The Balaban J connectivity index is -0.000000140. The second-order valence-corrected chi connectivity index (χ2v) is 4.02. The summed E-state index contributed by atoms with van der Waals surface area (Å²) in [6, 6.07) is 0. The van der Waals surface area contributed by atoms with Crippen LogP contribution in [0.1, 0.15) is 35.6 Å². The van der Waals surface area contributed by atoms with Crippen molar-refractivity contribution in [3.05, 3.63) is 0 Å². The van der Waals surface area contributed by atoms with E-state index in [2.05, 4.69) is 9.47 Å². The number of rotatable bonds is 0. The van der Waals surface area contributed by atoms with Gasteiger partial charge in [0.15, 0.2) is 0 Å². The summed E-state index contributed by atoms with van der Waals surface area (Å²) in [6.07, 6.45) is -12.4. The second-order valence-electron chi connectivity index (χ2n) is 4.02. The van der Waals surface area contributed by atoms with Gasteiger partial charge < -0.3 is 0 Å². The van der Waals surface area contributed by atoms with E-state index in [1.165, 1.54) is 6.92 Å². The summed E-state index contributed by atoms with van der Waals surface area (Å²) < 4.78 is 146. The van der Waals surface area contributed by atoms with Crippen LogP contribution in [-0.2, 0) is 9.47 Å². The van der Waals surface area contributed by atoms with Crippen LogP contribution in [0.3, 0.4) is 0 Å². The van der Waals surface area contributed by atoms with Gasteiger partial charge in [-0.2, -0.15) is 26.3 Å². The van der Waals surface area contributed by atoms with E-state index in [0.29, 0.717) is 7.18 Å². The topological polar surface area (TPSA) is 18.5 Å². The van der Waals surface area contributed by atoms with E-state index in [0.717, 1.165) is 0 Å². The first-order valence-corrected chi connectivity index (χ1v) is 5.97. The minimum Gasteiger partial charge on any atom is -0.293 e. The third kappa shape index (κ3) is 9.21. The maximum absolute atomic E-state index is 13.2. The van der Waals surface area contributed by atoms with Gasteiger partial charge in [-0.15, -0.1) is 0 Å². The fourth-order valence-electron chi connectivity index (χ4n) is 1.14. The molecule has 2 nitrogen and oxygen atoms in total. The lowest BCUT2D eigenvalue weighted by atomic mass is 10.2. The molecule has 1 saturated heterocycles. The summed E-state index contributed by atoms with van der Waals surface area (Å²) in [5.41, 5.74) is 0. The molecule has 0 aliphatic carbocycles. The van der Waals surface area contributed by atoms with E-state index in [-0.39, 0.29) is 35.4 Å². The molecule has 0 aromatic heterocycles. The van der Waals surface area contributed by atoms with Crippen molar-refractivity contribution in [2.45, 2.75) is 65.5 Å². The Morgan fingerprint density at radius 1 is 0.704 bits per heavy atom. The first kappa shape index (κ1) is 36.9. The molecule has 0 aromatic carbocycles. The highest BCUT2D eigenvalue weighted by Gasteiger charge is 2.84. The Hall–Kier alpha value is -0.920. The average molecular weight is 440 g/mol. The molecule has 0 spiro atoms. The normalized spacial score (nSPS) is 25.8. The zero-order valence-corrected chi connectivity index (χ0v) is 13.3. The van der Waals surface area contributed by atoms with Crippen LogP contribution in [0.2, 0.25) is 0 Å². The van der Waals surface area contributed by atoms with Gasteiger partial charge in [0.1, 0.15) is 0 Å². The van der Waals surface area contributed by atoms with Crippen molar-refractivity contribution in [1.29, 1.82) is 0 Å². The summed E-state index contributed by atoms with van der Waals surface area (Å²) in [5, 5.41) is 0. The molecule has 0 saturated carbocycles. The Morgan fingerprint density at radius 3 is 0.926 bits per heavy atom.